The number of amides is 3. The van der Waals surface area contributed by atoms with Gasteiger partial charge in [-0.3, -0.25) is 14.4 Å². The minimum Gasteiger partial charge on any atom is -0.388 e. The smallest absolute Gasteiger partial charge is 0.236 e. The van der Waals surface area contributed by atoms with Crippen molar-refractivity contribution in [2.75, 3.05) is 59.6 Å². The second kappa shape index (κ2) is 16.8. The van der Waals surface area contributed by atoms with Crippen molar-refractivity contribution >= 4 is 17.7 Å². The molecule has 0 aliphatic carbocycles. The van der Waals surface area contributed by atoms with Gasteiger partial charge in [0.15, 0.2) is 0 Å². The van der Waals surface area contributed by atoms with Crippen molar-refractivity contribution in [3.8, 4) is 0 Å². The van der Waals surface area contributed by atoms with Crippen LogP contribution in [0.25, 0.3) is 0 Å². The van der Waals surface area contributed by atoms with Crippen molar-refractivity contribution in [1.29, 1.82) is 0 Å². The van der Waals surface area contributed by atoms with Gasteiger partial charge in [0.25, 0.3) is 0 Å². The fourth-order valence-corrected chi connectivity index (χ4v) is 4.14. The minimum atomic E-state index is -1.22. The molecular weight excluding hydrogens is 456 g/mol. The van der Waals surface area contributed by atoms with Crippen LogP contribution in [-0.2, 0) is 23.9 Å². The maximum Gasteiger partial charge on any atom is 0.236 e. The first kappa shape index (κ1) is 31.2. The summed E-state index contributed by atoms with van der Waals surface area (Å²) in [6.45, 7) is 9.30. The van der Waals surface area contributed by atoms with Crippen molar-refractivity contribution in [1.82, 2.24) is 20.4 Å². The van der Waals surface area contributed by atoms with Crippen molar-refractivity contribution in [2.24, 2.45) is 5.92 Å². The first-order valence-corrected chi connectivity index (χ1v) is 12.5. The fraction of sp³-hybridized carbons (Fsp3) is 0.875. The zero-order valence-corrected chi connectivity index (χ0v) is 22.0. The maximum atomic E-state index is 13.3. The van der Waals surface area contributed by atoms with Crippen molar-refractivity contribution in [3.05, 3.63) is 0 Å². The monoisotopic (exact) mass is 502 g/mol. The van der Waals surface area contributed by atoms with Gasteiger partial charge in [-0.1, -0.05) is 13.8 Å². The molecule has 1 heterocycles. The van der Waals surface area contributed by atoms with Crippen LogP contribution in [0.5, 0.6) is 0 Å². The van der Waals surface area contributed by atoms with Gasteiger partial charge in [0.2, 0.25) is 17.7 Å². The number of nitrogens with one attached hydrogen (secondary N) is 2. The number of ether oxygens (including phenoxy) is 2. The summed E-state index contributed by atoms with van der Waals surface area (Å²) in [5.41, 5.74) is 0. The molecule has 11 nitrogen and oxygen atoms in total. The molecule has 1 aliphatic rings. The number of hydrogen-bond acceptors (Lipinski definition) is 8. The molecule has 0 aromatic heterocycles. The molecule has 35 heavy (non-hydrogen) atoms. The molecule has 1 fully saturated rings. The molecule has 0 saturated carbocycles. The molecule has 1 rings (SSSR count). The number of nitrogens with zero attached hydrogens (tertiary/aromatic N) is 2. The average Bonchev–Trinajstić information content (AvgIpc) is 2.78. The Balaban J connectivity index is 3.09. The predicted molar refractivity (Wildman–Crippen MR) is 132 cm³/mol. The van der Waals surface area contributed by atoms with E-state index in [9.17, 15) is 24.6 Å². The van der Waals surface area contributed by atoms with E-state index in [1.165, 1.54) is 21.0 Å². The standard InChI is InChI=1S/C24H46N4O7/c1-17(2)12-20-14-27(19(4)30)15-22(34-5)24(33)21(31)16-35-11-7-6-10-28(20)23(32)13-25-8-9-26-18(3)29/h17,20-22,24-25,31,33H,6-16H2,1-5H3,(H,26,29)/t20-,21-,22-,24-/m1/s1. The van der Waals surface area contributed by atoms with Crippen LogP contribution >= 0.6 is 0 Å². The molecule has 4 N–H and O–H groups in total. The SMILES string of the molecule is CO[C@@H]1CN(C(C)=O)C[C@@H](CC(C)C)N(C(=O)CNCCNC(C)=O)CCCCOC[C@@H](O)[C@H]1O. The summed E-state index contributed by atoms with van der Waals surface area (Å²) in [4.78, 5) is 40.3. The first-order valence-electron chi connectivity index (χ1n) is 12.5. The molecule has 1 aliphatic heterocycles. The minimum absolute atomic E-state index is 0.0437. The lowest BCUT2D eigenvalue weighted by Crippen LogP contribution is -2.54. The van der Waals surface area contributed by atoms with E-state index in [0.717, 1.165) is 0 Å². The van der Waals surface area contributed by atoms with E-state index in [1.807, 2.05) is 4.90 Å². The van der Waals surface area contributed by atoms with Gasteiger partial charge >= 0.3 is 0 Å². The zero-order chi connectivity index (χ0) is 26.4. The number of aliphatic hydroxyl groups excluding tert-OH is 2. The Labute approximate surface area is 209 Å². The molecule has 0 radical (unpaired) electrons. The van der Waals surface area contributed by atoms with Crippen LogP contribution in [0.3, 0.4) is 0 Å². The van der Waals surface area contributed by atoms with E-state index in [2.05, 4.69) is 24.5 Å². The van der Waals surface area contributed by atoms with Gasteiger partial charge in [0.05, 0.1) is 13.2 Å². The highest BCUT2D eigenvalue weighted by Crippen LogP contribution is 2.17. The summed E-state index contributed by atoms with van der Waals surface area (Å²) in [6, 6.07) is -0.230. The molecule has 0 aromatic rings. The number of carbonyl (C=O) groups is 3. The number of methoxy groups -OCH3 is 1. The molecule has 0 aromatic carbocycles. The third kappa shape index (κ3) is 12.1. The zero-order valence-electron chi connectivity index (χ0n) is 22.0. The van der Waals surface area contributed by atoms with Gasteiger partial charge in [-0.25, -0.2) is 0 Å². The molecule has 4 atom stereocenters. The van der Waals surface area contributed by atoms with Gasteiger partial charge in [-0.15, -0.1) is 0 Å². The van der Waals surface area contributed by atoms with Crippen LogP contribution in [0.1, 0.15) is 47.0 Å². The van der Waals surface area contributed by atoms with Gasteiger partial charge in [-0.05, 0) is 25.2 Å². The van der Waals surface area contributed by atoms with Gasteiger partial charge in [-0.2, -0.15) is 0 Å². The Morgan fingerprint density at radius 2 is 1.83 bits per heavy atom. The number of rotatable bonds is 8. The van der Waals surface area contributed by atoms with E-state index >= 15 is 0 Å². The summed E-state index contributed by atoms with van der Waals surface area (Å²) in [5.74, 6) is -0.117. The average molecular weight is 503 g/mol. The van der Waals surface area contributed by atoms with Crippen LogP contribution in [0.4, 0.5) is 0 Å². The van der Waals surface area contributed by atoms with Crippen LogP contribution in [0.15, 0.2) is 0 Å². The third-order valence-corrected chi connectivity index (χ3v) is 6.04. The normalized spacial score (nSPS) is 25.3. The van der Waals surface area contributed by atoms with E-state index in [0.29, 0.717) is 52.0 Å². The third-order valence-electron chi connectivity index (χ3n) is 6.04. The summed E-state index contributed by atoms with van der Waals surface area (Å²) in [5, 5.41) is 26.7. The molecule has 11 heteroatoms. The van der Waals surface area contributed by atoms with Gasteiger partial charge in [0.1, 0.15) is 18.3 Å². The van der Waals surface area contributed by atoms with E-state index < -0.39 is 18.3 Å². The quantitative estimate of drug-likeness (QED) is 0.321. The van der Waals surface area contributed by atoms with Crippen molar-refractivity contribution < 1.29 is 34.1 Å². The Morgan fingerprint density at radius 1 is 1.11 bits per heavy atom. The fourth-order valence-electron chi connectivity index (χ4n) is 4.14. The lowest BCUT2D eigenvalue weighted by atomic mass is 10.00. The highest BCUT2D eigenvalue weighted by Gasteiger charge is 2.32. The molecule has 1 saturated heterocycles. The molecule has 0 spiro atoms. The Morgan fingerprint density at radius 3 is 2.43 bits per heavy atom. The summed E-state index contributed by atoms with van der Waals surface area (Å²) < 4.78 is 10.9. The molecular formula is C24H46N4O7. The second-order valence-corrected chi connectivity index (χ2v) is 9.57. The lowest BCUT2D eigenvalue weighted by molar-refractivity contribution is -0.142. The van der Waals surface area contributed by atoms with E-state index in [1.54, 1.807) is 4.90 Å². The lowest BCUT2D eigenvalue weighted by Gasteiger charge is -2.38. The predicted octanol–water partition coefficient (Wildman–Crippen LogP) is -0.649. The number of aliphatic hydroxyl groups is 2. The van der Waals surface area contributed by atoms with Crippen LogP contribution in [0.2, 0.25) is 0 Å². The van der Waals surface area contributed by atoms with Crippen LogP contribution < -0.4 is 10.6 Å². The van der Waals surface area contributed by atoms with Crippen LogP contribution in [-0.4, -0.2) is 122 Å². The Bertz CT molecular complexity index is 649. The first-order chi connectivity index (χ1) is 16.6. The number of hydrogen-bond donors (Lipinski definition) is 4. The summed E-state index contributed by atoms with van der Waals surface area (Å²) in [6.07, 6.45) is -1.09. The molecule has 3 amide bonds. The van der Waals surface area contributed by atoms with Crippen molar-refractivity contribution in [2.45, 2.75) is 71.3 Å². The number of carbonyl (C=O) groups excluding carboxylic acids is 3. The Kier molecular flexibility index (Phi) is 15.0. The van der Waals surface area contributed by atoms with Gasteiger partial charge < -0.3 is 40.1 Å². The van der Waals surface area contributed by atoms with Gasteiger partial charge in [0, 0.05) is 66.3 Å². The topological polar surface area (TPSA) is 141 Å². The molecule has 0 unspecified atom stereocenters. The summed E-state index contributed by atoms with van der Waals surface area (Å²) >= 11 is 0. The highest BCUT2D eigenvalue weighted by atomic mass is 16.5. The van der Waals surface area contributed by atoms with Crippen LogP contribution in [0, 0.1) is 5.92 Å². The maximum absolute atomic E-state index is 13.3. The molecule has 0 bridgehead atoms. The largest absolute Gasteiger partial charge is 0.388 e. The second-order valence-electron chi connectivity index (χ2n) is 9.57. The highest BCUT2D eigenvalue weighted by molar-refractivity contribution is 5.79. The van der Waals surface area contributed by atoms with Crippen molar-refractivity contribution in [3.63, 3.8) is 0 Å². The Hall–Kier alpha value is -1.79. The molecule has 204 valence electrons. The summed E-state index contributed by atoms with van der Waals surface area (Å²) in [7, 11) is 1.43. The van der Waals surface area contributed by atoms with E-state index in [-0.39, 0.29) is 49.4 Å². The van der Waals surface area contributed by atoms with E-state index in [4.69, 9.17) is 9.47 Å².